The second-order valence-corrected chi connectivity index (χ2v) is 6.91. The zero-order chi connectivity index (χ0) is 18.8. The normalized spacial score (nSPS) is 10.9. The van der Waals surface area contributed by atoms with Crippen molar-refractivity contribution < 1.29 is 4.79 Å². The summed E-state index contributed by atoms with van der Waals surface area (Å²) in [7, 11) is 0. The van der Waals surface area contributed by atoms with Gasteiger partial charge >= 0.3 is 0 Å². The number of hydrogen-bond acceptors (Lipinski definition) is 4. The van der Waals surface area contributed by atoms with Crippen molar-refractivity contribution in [3.05, 3.63) is 99.3 Å². The number of halogens is 1. The van der Waals surface area contributed by atoms with Gasteiger partial charge in [0.05, 0.1) is 23.0 Å². The Balaban J connectivity index is 1.90. The van der Waals surface area contributed by atoms with Gasteiger partial charge in [0.1, 0.15) is 5.82 Å². The molecular formula is C21H14BrN3O2. The molecule has 0 spiro atoms. The van der Waals surface area contributed by atoms with Crippen molar-refractivity contribution in [1.29, 1.82) is 0 Å². The highest BCUT2D eigenvalue weighted by atomic mass is 79.9. The van der Waals surface area contributed by atoms with Crippen molar-refractivity contribution in [2.24, 2.45) is 0 Å². The molecule has 27 heavy (non-hydrogen) atoms. The van der Waals surface area contributed by atoms with Crippen molar-refractivity contribution in [2.45, 2.75) is 6.42 Å². The highest BCUT2D eigenvalue weighted by Gasteiger charge is 2.16. The maximum absolute atomic E-state index is 13.1. The molecule has 0 unspecified atom stereocenters. The maximum Gasteiger partial charge on any atom is 0.265 e. The van der Waals surface area contributed by atoms with E-state index in [0.29, 0.717) is 28.0 Å². The van der Waals surface area contributed by atoms with Crippen LogP contribution in [0.15, 0.2) is 82.3 Å². The lowest BCUT2D eigenvalue weighted by Gasteiger charge is -2.13. The molecular weight excluding hydrogens is 406 g/mol. The second kappa shape index (κ2) is 7.25. The number of rotatable bonds is 4. The molecule has 6 heteroatoms. The molecule has 5 nitrogen and oxygen atoms in total. The molecule has 2 aromatic heterocycles. The van der Waals surface area contributed by atoms with E-state index < -0.39 is 0 Å². The van der Waals surface area contributed by atoms with Gasteiger partial charge in [0.25, 0.3) is 5.56 Å². The van der Waals surface area contributed by atoms with E-state index >= 15 is 0 Å². The SMILES string of the molecule is O=C(Cc1nc2ccccc2c(=O)n1-c1ccc(Br)cc1)c1ccncc1. The third-order valence-corrected chi connectivity index (χ3v) is 4.78. The molecule has 0 atom stereocenters. The lowest BCUT2D eigenvalue weighted by Crippen LogP contribution is -2.25. The molecule has 4 rings (SSSR count). The molecule has 0 aliphatic rings. The lowest BCUT2D eigenvalue weighted by atomic mass is 10.1. The summed E-state index contributed by atoms with van der Waals surface area (Å²) < 4.78 is 2.41. The van der Waals surface area contributed by atoms with E-state index in [1.807, 2.05) is 30.3 Å². The van der Waals surface area contributed by atoms with E-state index in [-0.39, 0.29) is 17.8 Å². The fourth-order valence-corrected chi connectivity index (χ4v) is 3.20. The Hall–Kier alpha value is -3.12. The van der Waals surface area contributed by atoms with E-state index in [1.165, 1.54) is 4.57 Å². The Labute approximate surface area is 163 Å². The molecule has 0 radical (unpaired) electrons. The predicted octanol–water partition coefficient (Wildman–Crippen LogP) is 3.97. The predicted molar refractivity (Wildman–Crippen MR) is 107 cm³/mol. The van der Waals surface area contributed by atoms with Crippen LogP contribution in [0.2, 0.25) is 0 Å². The van der Waals surface area contributed by atoms with Crippen LogP contribution in [0, 0.1) is 0 Å². The standard InChI is InChI=1S/C21H14BrN3O2/c22-15-5-7-16(8-6-15)25-20(13-19(26)14-9-11-23-12-10-14)24-18-4-2-1-3-17(18)21(25)27/h1-12H,13H2. The van der Waals surface area contributed by atoms with Gasteiger partial charge in [-0.25, -0.2) is 4.98 Å². The van der Waals surface area contributed by atoms with Crippen LogP contribution in [0.5, 0.6) is 0 Å². The number of nitrogens with zero attached hydrogens (tertiary/aromatic N) is 3. The van der Waals surface area contributed by atoms with Gasteiger partial charge in [-0.05, 0) is 48.5 Å². The van der Waals surface area contributed by atoms with Crippen molar-refractivity contribution in [2.75, 3.05) is 0 Å². The van der Waals surface area contributed by atoms with Crippen molar-refractivity contribution in [3.8, 4) is 5.69 Å². The largest absolute Gasteiger partial charge is 0.294 e. The summed E-state index contributed by atoms with van der Waals surface area (Å²) in [5.41, 5.74) is 1.59. The summed E-state index contributed by atoms with van der Waals surface area (Å²) in [5.74, 6) is 0.285. The van der Waals surface area contributed by atoms with Gasteiger partial charge in [0.2, 0.25) is 0 Å². The first kappa shape index (κ1) is 17.3. The number of Topliss-reactive ketones (excluding diaryl/α,β-unsaturated/α-hetero) is 1. The number of para-hydroxylation sites is 1. The fourth-order valence-electron chi connectivity index (χ4n) is 2.94. The number of pyridine rings is 1. The lowest BCUT2D eigenvalue weighted by molar-refractivity contribution is 0.0990. The minimum absolute atomic E-state index is 0.0140. The number of carbonyl (C=O) groups excluding carboxylic acids is 1. The summed E-state index contributed by atoms with van der Waals surface area (Å²) in [4.78, 5) is 34.4. The average Bonchev–Trinajstić information content (AvgIpc) is 2.70. The minimum atomic E-state index is -0.194. The number of hydrogen-bond donors (Lipinski definition) is 0. The van der Waals surface area contributed by atoms with Crippen molar-refractivity contribution >= 4 is 32.6 Å². The van der Waals surface area contributed by atoms with Gasteiger partial charge in [-0.15, -0.1) is 0 Å². The minimum Gasteiger partial charge on any atom is -0.294 e. The Morgan fingerprint density at radius 1 is 0.963 bits per heavy atom. The van der Waals surface area contributed by atoms with Gasteiger partial charge in [-0.3, -0.25) is 19.1 Å². The quantitative estimate of drug-likeness (QED) is 0.469. The van der Waals surface area contributed by atoms with Crippen LogP contribution >= 0.6 is 15.9 Å². The molecule has 0 aliphatic heterocycles. The van der Waals surface area contributed by atoms with Crippen LogP contribution in [0.1, 0.15) is 16.2 Å². The molecule has 0 amide bonds. The van der Waals surface area contributed by atoms with Crippen LogP contribution < -0.4 is 5.56 Å². The van der Waals surface area contributed by atoms with Crippen molar-refractivity contribution in [1.82, 2.24) is 14.5 Å². The van der Waals surface area contributed by atoms with Crippen LogP contribution in [-0.4, -0.2) is 20.3 Å². The zero-order valence-corrected chi connectivity index (χ0v) is 15.8. The van der Waals surface area contributed by atoms with Gasteiger partial charge in [-0.1, -0.05) is 28.1 Å². The third-order valence-electron chi connectivity index (χ3n) is 4.25. The van der Waals surface area contributed by atoms with Gasteiger partial charge < -0.3 is 0 Å². The average molecular weight is 420 g/mol. The van der Waals surface area contributed by atoms with Gasteiger partial charge in [-0.2, -0.15) is 0 Å². The van der Waals surface area contributed by atoms with Crippen LogP contribution in [0.4, 0.5) is 0 Å². The van der Waals surface area contributed by atoms with Crippen molar-refractivity contribution in [3.63, 3.8) is 0 Å². The maximum atomic E-state index is 13.1. The first-order valence-corrected chi connectivity index (χ1v) is 9.12. The number of carbonyl (C=O) groups is 1. The summed E-state index contributed by atoms with van der Waals surface area (Å²) in [6.07, 6.45) is 3.16. The fraction of sp³-hybridized carbons (Fsp3) is 0.0476. The van der Waals surface area contributed by atoms with Crippen LogP contribution in [0.3, 0.4) is 0 Å². The summed E-state index contributed by atoms with van der Waals surface area (Å²) in [5, 5.41) is 0.514. The molecule has 0 fully saturated rings. The summed E-state index contributed by atoms with van der Waals surface area (Å²) in [6, 6.07) is 17.8. The zero-order valence-electron chi connectivity index (χ0n) is 14.2. The Bertz CT molecular complexity index is 1190. The molecule has 0 N–H and O–H groups in total. The molecule has 0 bridgehead atoms. The summed E-state index contributed by atoms with van der Waals surface area (Å²) in [6.45, 7) is 0. The number of aromatic nitrogens is 3. The molecule has 0 saturated carbocycles. The highest BCUT2D eigenvalue weighted by molar-refractivity contribution is 9.10. The highest BCUT2D eigenvalue weighted by Crippen LogP contribution is 2.17. The van der Waals surface area contributed by atoms with E-state index in [0.717, 1.165) is 4.47 Å². The van der Waals surface area contributed by atoms with Gasteiger partial charge in [0, 0.05) is 22.4 Å². The monoisotopic (exact) mass is 419 g/mol. The smallest absolute Gasteiger partial charge is 0.265 e. The van der Waals surface area contributed by atoms with E-state index in [2.05, 4.69) is 25.9 Å². The van der Waals surface area contributed by atoms with Crippen LogP contribution in [-0.2, 0) is 6.42 Å². The van der Waals surface area contributed by atoms with E-state index in [9.17, 15) is 9.59 Å². The Morgan fingerprint density at radius 2 is 1.67 bits per heavy atom. The molecule has 4 aromatic rings. The molecule has 0 aliphatic carbocycles. The number of ketones is 1. The molecule has 0 saturated heterocycles. The van der Waals surface area contributed by atoms with Crippen LogP contribution in [0.25, 0.3) is 16.6 Å². The van der Waals surface area contributed by atoms with E-state index in [4.69, 9.17) is 0 Å². The Morgan fingerprint density at radius 3 is 2.41 bits per heavy atom. The number of benzene rings is 2. The number of fused-ring (bicyclic) bond motifs is 1. The first-order chi connectivity index (χ1) is 13.1. The van der Waals surface area contributed by atoms with Gasteiger partial charge in [0.15, 0.2) is 5.78 Å². The second-order valence-electron chi connectivity index (χ2n) is 6.00. The Kier molecular flexibility index (Phi) is 4.64. The van der Waals surface area contributed by atoms with E-state index in [1.54, 1.807) is 42.7 Å². The summed E-state index contributed by atoms with van der Waals surface area (Å²) >= 11 is 3.40. The topological polar surface area (TPSA) is 64.8 Å². The first-order valence-electron chi connectivity index (χ1n) is 8.33. The molecule has 132 valence electrons. The third kappa shape index (κ3) is 3.44. The molecule has 2 aromatic carbocycles. The molecule has 2 heterocycles.